The van der Waals surface area contributed by atoms with Gasteiger partial charge in [0.05, 0.1) is 24.0 Å². The average molecular weight is 547 g/mol. The molecule has 0 saturated heterocycles. The van der Waals surface area contributed by atoms with Gasteiger partial charge in [-0.15, -0.1) is 0 Å². The number of rotatable bonds is 7. The third-order valence-corrected chi connectivity index (χ3v) is 11.4. The lowest BCUT2D eigenvalue weighted by Crippen LogP contribution is -2.62. The van der Waals surface area contributed by atoms with Gasteiger partial charge in [-0.25, -0.2) is 0 Å². The lowest BCUT2D eigenvalue weighted by Gasteiger charge is -2.60. The van der Waals surface area contributed by atoms with Gasteiger partial charge in [-0.05, 0) is 48.5 Å². The molecule has 0 aromatic carbocycles. The molecule has 2 saturated carbocycles. The molecule has 39 heavy (non-hydrogen) atoms. The van der Waals surface area contributed by atoms with Crippen molar-refractivity contribution in [2.24, 2.45) is 45.3 Å². The van der Waals surface area contributed by atoms with Crippen LogP contribution < -0.4 is 0 Å². The molecule has 2 fully saturated rings. The molecule has 0 amide bonds. The van der Waals surface area contributed by atoms with E-state index in [0.717, 1.165) is 0 Å². The van der Waals surface area contributed by atoms with Gasteiger partial charge >= 0.3 is 5.97 Å². The van der Waals surface area contributed by atoms with Crippen LogP contribution in [0.5, 0.6) is 0 Å². The van der Waals surface area contributed by atoms with Gasteiger partial charge in [-0.3, -0.25) is 24.0 Å². The number of aliphatic hydroxyl groups excluding tert-OH is 3. The summed E-state index contributed by atoms with van der Waals surface area (Å²) in [6.45, 7) is 10.2. The van der Waals surface area contributed by atoms with E-state index in [9.17, 15) is 44.4 Å². The maximum Gasteiger partial charge on any atom is 0.309 e. The van der Waals surface area contributed by atoms with E-state index in [1.807, 2.05) is 20.8 Å². The Kier molecular flexibility index (Phi) is 7.18. The van der Waals surface area contributed by atoms with Crippen molar-refractivity contribution in [1.29, 1.82) is 0 Å². The fourth-order valence-electron chi connectivity index (χ4n) is 9.16. The van der Waals surface area contributed by atoms with Crippen molar-refractivity contribution in [1.82, 2.24) is 0 Å². The number of carbonyl (C=O) groups is 5. The minimum atomic E-state index is -1.25. The molecular weight excluding hydrogens is 504 g/mol. The average Bonchev–Trinajstić information content (AvgIpc) is 3.03. The van der Waals surface area contributed by atoms with Crippen molar-refractivity contribution in [3.8, 4) is 0 Å². The Morgan fingerprint density at radius 3 is 2.18 bits per heavy atom. The van der Waals surface area contributed by atoms with E-state index in [4.69, 9.17) is 0 Å². The Bertz CT molecular complexity index is 1170. The SMILES string of the molecule is CC(CC(=O)CC(CO)C(=O)O)[C@H]1CC(=O)[C@@]2(C)C3=C(C(=O)C[C@]12C)[C@@]1(C)CC(O)C(=O)C(C)(C)[C@@H]1C[C@@H]3O. The van der Waals surface area contributed by atoms with Crippen LogP contribution in [0.1, 0.15) is 80.1 Å². The summed E-state index contributed by atoms with van der Waals surface area (Å²) in [6, 6.07) is 0. The summed E-state index contributed by atoms with van der Waals surface area (Å²) >= 11 is 0. The summed E-state index contributed by atoms with van der Waals surface area (Å²) in [5.74, 6) is -4.46. The standard InChI is InChI=1S/C30H42O9/c1-14(7-16(32)8-15(13-31)26(38)39)17-9-22(36)30(6)24-18(33)10-21-27(2,3)25(37)20(35)11-28(21,4)23(24)19(34)12-29(17,30)5/h14-15,17-18,20-21,31,33,35H,7-13H2,1-6H3,(H,38,39)/t14?,15?,17-,18+,20?,21+,28+,29-,30+/m1/s1. The number of hydrogen-bond donors (Lipinski definition) is 4. The maximum atomic E-state index is 14.1. The van der Waals surface area contributed by atoms with Gasteiger partial charge in [0.2, 0.25) is 0 Å². The number of carbonyl (C=O) groups excluding carboxylic acids is 4. The first-order chi connectivity index (χ1) is 17.9. The monoisotopic (exact) mass is 546 g/mol. The third-order valence-electron chi connectivity index (χ3n) is 11.4. The molecule has 0 aromatic heterocycles. The van der Waals surface area contributed by atoms with E-state index in [0.29, 0.717) is 11.1 Å². The molecular formula is C30H42O9. The Morgan fingerprint density at radius 1 is 1.00 bits per heavy atom. The molecule has 216 valence electrons. The molecule has 4 aliphatic carbocycles. The minimum Gasteiger partial charge on any atom is -0.481 e. The lowest BCUT2D eigenvalue weighted by atomic mass is 9.42. The van der Waals surface area contributed by atoms with Crippen molar-refractivity contribution in [3.63, 3.8) is 0 Å². The number of aliphatic carboxylic acids is 1. The second-order valence-corrected chi connectivity index (χ2v) is 13.8. The summed E-state index contributed by atoms with van der Waals surface area (Å²) in [5.41, 5.74) is -3.11. The smallest absolute Gasteiger partial charge is 0.309 e. The van der Waals surface area contributed by atoms with E-state index in [1.54, 1.807) is 20.8 Å². The van der Waals surface area contributed by atoms with Gasteiger partial charge in [-0.2, -0.15) is 0 Å². The van der Waals surface area contributed by atoms with Gasteiger partial charge in [0.1, 0.15) is 17.7 Å². The Hall–Kier alpha value is -2.23. The molecule has 0 spiro atoms. The van der Waals surface area contributed by atoms with Gasteiger partial charge in [0, 0.05) is 42.1 Å². The molecule has 4 N–H and O–H groups in total. The number of allylic oxidation sites excluding steroid dienone is 1. The van der Waals surface area contributed by atoms with E-state index in [1.165, 1.54) is 0 Å². The van der Waals surface area contributed by atoms with Gasteiger partial charge in [0.25, 0.3) is 0 Å². The second kappa shape index (κ2) is 9.42. The van der Waals surface area contributed by atoms with Crippen molar-refractivity contribution in [2.45, 2.75) is 92.3 Å². The predicted molar refractivity (Wildman–Crippen MR) is 139 cm³/mol. The first-order valence-corrected chi connectivity index (χ1v) is 13.9. The molecule has 0 bridgehead atoms. The normalized spacial score (nSPS) is 41.0. The summed E-state index contributed by atoms with van der Waals surface area (Å²) < 4.78 is 0. The van der Waals surface area contributed by atoms with Crippen LogP contribution in [0.25, 0.3) is 0 Å². The quantitative estimate of drug-likeness (QED) is 0.375. The first kappa shape index (κ1) is 29.7. The van der Waals surface area contributed by atoms with E-state index in [-0.39, 0.29) is 79.4 Å². The molecule has 9 heteroatoms. The maximum absolute atomic E-state index is 14.1. The van der Waals surface area contributed by atoms with Crippen molar-refractivity contribution in [2.75, 3.05) is 6.61 Å². The zero-order valence-corrected chi connectivity index (χ0v) is 23.7. The second-order valence-electron chi connectivity index (χ2n) is 13.8. The molecule has 4 rings (SSSR count). The van der Waals surface area contributed by atoms with Crippen LogP contribution in [0.15, 0.2) is 11.1 Å². The van der Waals surface area contributed by atoms with Crippen LogP contribution in [0.3, 0.4) is 0 Å². The lowest BCUT2D eigenvalue weighted by molar-refractivity contribution is -0.158. The molecule has 9 atom stereocenters. The van der Waals surface area contributed by atoms with Gasteiger partial charge in [-0.1, -0.05) is 34.6 Å². The number of aliphatic hydroxyl groups is 3. The molecule has 9 nitrogen and oxygen atoms in total. The van der Waals surface area contributed by atoms with Crippen molar-refractivity contribution in [3.05, 3.63) is 11.1 Å². The zero-order valence-electron chi connectivity index (χ0n) is 23.7. The minimum absolute atomic E-state index is 0.0122. The predicted octanol–water partition coefficient (Wildman–Crippen LogP) is 2.28. The highest BCUT2D eigenvalue weighted by Gasteiger charge is 2.70. The molecule has 0 aliphatic heterocycles. The zero-order chi connectivity index (χ0) is 29.5. The third kappa shape index (κ3) is 4.02. The largest absolute Gasteiger partial charge is 0.481 e. The summed E-state index contributed by atoms with van der Waals surface area (Å²) in [6.07, 6.45) is -2.24. The Morgan fingerprint density at radius 2 is 1.62 bits per heavy atom. The highest BCUT2D eigenvalue weighted by molar-refractivity contribution is 6.06. The van der Waals surface area contributed by atoms with Crippen LogP contribution in [0, 0.1) is 45.3 Å². The highest BCUT2D eigenvalue weighted by atomic mass is 16.4. The van der Waals surface area contributed by atoms with Crippen molar-refractivity contribution < 1.29 is 44.4 Å². The number of hydrogen-bond acceptors (Lipinski definition) is 8. The number of carboxylic acids is 1. The number of Topliss-reactive ketones (excluding diaryl/α,β-unsaturated/α-hetero) is 4. The van der Waals surface area contributed by atoms with Crippen molar-refractivity contribution >= 4 is 29.1 Å². The summed E-state index contributed by atoms with van der Waals surface area (Å²) in [5, 5.41) is 40.8. The summed E-state index contributed by atoms with van der Waals surface area (Å²) in [7, 11) is 0. The molecule has 0 aromatic rings. The van der Waals surface area contributed by atoms with Gasteiger partial charge < -0.3 is 20.4 Å². The topological polar surface area (TPSA) is 166 Å². The van der Waals surface area contributed by atoms with E-state index >= 15 is 0 Å². The van der Waals surface area contributed by atoms with Crippen LogP contribution in [-0.2, 0) is 24.0 Å². The van der Waals surface area contributed by atoms with Crippen LogP contribution in [0.2, 0.25) is 0 Å². The van der Waals surface area contributed by atoms with Crippen LogP contribution in [-0.4, -0.2) is 68.3 Å². The summed E-state index contributed by atoms with van der Waals surface area (Å²) in [4.78, 5) is 64.9. The fraction of sp³-hybridized carbons (Fsp3) is 0.767. The fourth-order valence-corrected chi connectivity index (χ4v) is 9.16. The van der Waals surface area contributed by atoms with E-state index in [2.05, 4.69) is 0 Å². The molecule has 3 unspecified atom stereocenters. The van der Waals surface area contributed by atoms with E-state index < -0.39 is 52.4 Å². The van der Waals surface area contributed by atoms with Crippen LogP contribution in [0.4, 0.5) is 0 Å². The Labute approximate surface area is 229 Å². The number of ketones is 4. The van der Waals surface area contributed by atoms with Crippen LogP contribution >= 0.6 is 0 Å². The number of carboxylic acid groups (broad SMARTS) is 1. The first-order valence-electron chi connectivity index (χ1n) is 13.9. The molecule has 0 radical (unpaired) electrons. The molecule has 0 heterocycles. The highest BCUT2D eigenvalue weighted by Crippen LogP contribution is 2.70. The Balaban J connectivity index is 1.75. The molecule has 4 aliphatic rings. The number of fused-ring (bicyclic) bond motifs is 4. The van der Waals surface area contributed by atoms with Gasteiger partial charge in [0.15, 0.2) is 11.6 Å².